The number of hydrogen-bond donors (Lipinski definition) is 2. The molecule has 1 aromatic heterocycles. The lowest BCUT2D eigenvalue weighted by molar-refractivity contribution is -0.118. The van der Waals surface area contributed by atoms with E-state index in [0.717, 1.165) is 0 Å². The van der Waals surface area contributed by atoms with E-state index in [1.807, 2.05) is 6.92 Å². The van der Waals surface area contributed by atoms with Gasteiger partial charge in [-0.05, 0) is 20.8 Å². The van der Waals surface area contributed by atoms with Crippen LogP contribution in [0.2, 0.25) is 0 Å². The molecule has 0 aliphatic carbocycles. The van der Waals surface area contributed by atoms with Crippen LogP contribution in [0.1, 0.15) is 30.0 Å². The van der Waals surface area contributed by atoms with Gasteiger partial charge in [0, 0.05) is 13.1 Å². The molecule has 18 heavy (non-hydrogen) atoms. The van der Waals surface area contributed by atoms with Gasteiger partial charge in [0.05, 0.1) is 17.9 Å². The van der Waals surface area contributed by atoms with E-state index >= 15 is 0 Å². The molecular formula is C11H19N5O2. The van der Waals surface area contributed by atoms with Crippen LogP contribution in [0.25, 0.3) is 0 Å². The molecule has 0 saturated heterocycles. The number of anilines is 1. The molecule has 2 amide bonds. The Labute approximate surface area is 106 Å². The Morgan fingerprint density at radius 2 is 2.00 bits per heavy atom. The van der Waals surface area contributed by atoms with Gasteiger partial charge < -0.3 is 16.4 Å². The van der Waals surface area contributed by atoms with Gasteiger partial charge in [-0.3, -0.25) is 14.3 Å². The lowest BCUT2D eigenvalue weighted by atomic mass is 10.2. The van der Waals surface area contributed by atoms with Crippen LogP contribution in [-0.2, 0) is 11.3 Å². The smallest absolute Gasteiger partial charge is 0.274 e. The van der Waals surface area contributed by atoms with Gasteiger partial charge in [0.15, 0.2) is 0 Å². The number of aromatic nitrogens is 2. The summed E-state index contributed by atoms with van der Waals surface area (Å²) < 4.78 is 1.54. The zero-order chi connectivity index (χ0) is 13.9. The van der Waals surface area contributed by atoms with Gasteiger partial charge in [0.2, 0.25) is 5.91 Å². The summed E-state index contributed by atoms with van der Waals surface area (Å²) >= 11 is 0. The Morgan fingerprint density at radius 3 is 2.44 bits per heavy atom. The number of likely N-dealkylation sites (N-methyl/N-ethyl adjacent to an activating group) is 1. The lowest BCUT2D eigenvalue weighted by Crippen LogP contribution is -2.39. The minimum Gasteiger partial charge on any atom is -0.395 e. The van der Waals surface area contributed by atoms with Crippen molar-refractivity contribution in [1.82, 2.24) is 14.7 Å². The van der Waals surface area contributed by atoms with E-state index in [9.17, 15) is 9.59 Å². The van der Waals surface area contributed by atoms with Gasteiger partial charge in [-0.2, -0.15) is 5.10 Å². The molecule has 0 aromatic carbocycles. The first-order valence-electron chi connectivity index (χ1n) is 5.82. The van der Waals surface area contributed by atoms with Crippen LogP contribution in [0.5, 0.6) is 0 Å². The van der Waals surface area contributed by atoms with Crippen molar-refractivity contribution in [2.75, 3.05) is 18.8 Å². The normalized spacial score (nSPS) is 10.4. The SMILES string of the molecule is CCN(CC(N)=O)C(=O)c1c(N)c(C)nn1CC. The predicted molar refractivity (Wildman–Crippen MR) is 67.8 cm³/mol. The molecule has 0 bridgehead atoms. The second-order valence-corrected chi connectivity index (χ2v) is 3.95. The first-order chi connectivity index (χ1) is 8.42. The highest BCUT2D eigenvalue weighted by Crippen LogP contribution is 2.18. The van der Waals surface area contributed by atoms with E-state index in [2.05, 4.69) is 5.10 Å². The molecular weight excluding hydrogens is 234 g/mol. The molecule has 0 radical (unpaired) electrons. The van der Waals surface area contributed by atoms with E-state index in [1.54, 1.807) is 13.8 Å². The molecule has 4 N–H and O–H groups in total. The van der Waals surface area contributed by atoms with E-state index < -0.39 is 5.91 Å². The summed E-state index contributed by atoms with van der Waals surface area (Å²) in [5, 5.41) is 4.17. The number of nitrogens with zero attached hydrogens (tertiary/aromatic N) is 3. The Morgan fingerprint density at radius 1 is 1.39 bits per heavy atom. The van der Waals surface area contributed by atoms with Gasteiger partial charge in [-0.15, -0.1) is 0 Å². The second-order valence-electron chi connectivity index (χ2n) is 3.95. The molecule has 1 heterocycles. The lowest BCUT2D eigenvalue weighted by Gasteiger charge is -2.19. The van der Waals surface area contributed by atoms with Gasteiger partial charge in [-0.25, -0.2) is 0 Å². The van der Waals surface area contributed by atoms with Gasteiger partial charge >= 0.3 is 0 Å². The predicted octanol–water partition coefficient (Wildman–Crippen LogP) is -0.259. The molecule has 0 spiro atoms. The number of carbonyl (C=O) groups is 2. The van der Waals surface area contributed by atoms with Crippen LogP contribution in [0.3, 0.4) is 0 Å². The first kappa shape index (κ1) is 14.0. The second kappa shape index (κ2) is 5.52. The van der Waals surface area contributed by atoms with Gasteiger partial charge in [0.1, 0.15) is 5.69 Å². The minimum atomic E-state index is -0.553. The third kappa shape index (κ3) is 2.61. The number of primary amides is 1. The monoisotopic (exact) mass is 253 g/mol. The molecule has 0 fully saturated rings. The van der Waals surface area contributed by atoms with E-state index in [4.69, 9.17) is 11.5 Å². The highest BCUT2D eigenvalue weighted by Gasteiger charge is 2.24. The largest absolute Gasteiger partial charge is 0.395 e. The molecule has 0 atom stereocenters. The fourth-order valence-corrected chi connectivity index (χ4v) is 1.71. The number of nitrogen functional groups attached to an aromatic ring is 1. The van der Waals surface area contributed by atoms with Crippen molar-refractivity contribution in [3.8, 4) is 0 Å². The van der Waals surface area contributed by atoms with Crippen molar-refractivity contribution < 1.29 is 9.59 Å². The van der Waals surface area contributed by atoms with E-state index in [1.165, 1.54) is 9.58 Å². The summed E-state index contributed by atoms with van der Waals surface area (Å²) in [6.07, 6.45) is 0. The molecule has 0 aliphatic heterocycles. The van der Waals surface area contributed by atoms with Crippen LogP contribution >= 0.6 is 0 Å². The average molecular weight is 253 g/mol. The maximum atomic E-state index is 12.3. The van der Waals surface area contributed by atoms with Crippen LogP contribution in [-0.4, -0.2) is 39.6 Å². The summed E-state index contributed by atoms with van der Waals surface area (Å²) in [6, 6.07) is 0. The number of nitrogens with two attached hydrogens (primary N) is 2. The molecule has 0 aliphatic rings. The quantitative estimate of drug-likeness (QED) is 0.753. The van der Waals surface area contributed by atoms with Crippen LogP contribution in [0, 0.1) is 6.92 Å². The number of carbonyl (C=O) groups excluding carboxylic acids is 2. The maximum Gasteiger partial charge on any atom is 0.274 e. The van der Waals surface area contributed by atoms with Crippen molar-refractivity contribution in [2.45, 2.75) is 27.3 Å². The zero-order valence-corrected chi connectivity index (χ0v) is 10.9. The minimum absolute atomic E-state index is 0.122. The van der Waals surface area contributed by atoms with Crippen molar-refractivity contribution in [1.29, 1.82) is 0 Å². The van der Waals surface area contributed by atoms with Crippen molar-refractivity contribution in [3.05, 3.63) is 11.4 Å². The number of hydrogen-bond acceptors (Lipinski definition) is 4. The molecule has 1 aromatic rings. The third-order valence-electron chi connectivity index (χ3n) is 2.69. The zero-order valence-electron chi connectivity index (χ0n) is 10.9. The van der Waals surface area contributed by atoms with Gasteiger partial charge in [-0.1, -0.05) is 0 Å². The Balaban J connectivity index is 3.12. The van der Waals surface area contributed by atoms with Gasteiger partial charge in [0.25, 0.3) is 5.91 Å². The van der Waals surface area contributed by atoms with E-state index in [-0.39, 0.29) is 12.5 Å². The Bertz CT molecular complexity index is 466. The highest BCUT2D eigenvalue weighted by atomic mass is 16.2. The van der Waals surface area contributed by atoms with Crippen LogP contribution in [0.15, 0.2) is 0 Å². The molecule has 100 valence electrons. The van der Waals surface area contributed by atoms with Crippen LogP contribution in [0.4, 0.5) is 5.69 Å². The van der Waals surface area contributed by atoms with Crippen LogP contribution < -0.4 is 11.5 Å². The first-order valence-corrected chi connectivity index (χ1v) is 5.82. The fourth-order valence-electron chi connectivity index (χ4n) is 1.71. The molecule has 1 rings (SSSR count). The van der Waals surface area contributed by atoms with Crippen molar-refractivity contribution in [3.63, 3.8) is 0 Å². The molecule has 0 saturated carbocycles. The highest BCUT2D eigenvalue weighted by molar-refractivity contribution is 5.99. The number of amides is 2. The van der Waals surface area contributed by atoms with Crippen molar-refractivity contribution >= 4 is 17.5 Å². The fraction of sp³-hybridized carbons (Fsp3) is 0.545. The topological polar surface area (TPSA) is 107 Å². The summed E-state index contributed by atoms with van der Waals surface area (Å²) in [5.41, 5.74) is 12.2. The van der Waals surface area contributed by atoms with Crippen molar-refractivity contribution in [2.24, 2.45) is 5.73 Å². The number of rotatable bonds is 5. The summed E-state index contributed by atoms with van der Waals surface area (Å²) in [7, 11) is 0. The third-order valence-corrected chi connectivity index (χ3v) is 2.69. The Hall–Kier alpha value is -2.05. The average Bonchev–Trinajstić information content (AvgIpc) is 2.61. The molecule has 7 heteroatoms. The number of aryl methyl sites for hydroxylation is 2. The molecule has 7 nitrogen and oxygen atoms in total. The summed E-state index contributed by atoms with van der Waals surface area (Å²) in [5.74, 6) is -0.876. The Kier molecular flexibility index (Phi) is 4.30. The van der Waals surface area contributed by atoms with E-state index in [0.29, 0.717) is 30.2 Å². The maximum absolute atomic E-state index is 12.3. The standard InChI is InChI=1S/C11H19N5O2/c1-4-15(6-8(12)17)11(18)10-9(13)7(3)14-16(10)5-2/h4-6,13H2,1-3H3,(H2,12,17). The summed E-state index contributed by atoms with van der Waals surface area (Å²) in [4.78, 5) is 24.6. The summed E-state index contributed by atoms with van der Waals surface area (Å²) in [6.45, 7) is 6.18. The molecule has 0 unspecified atom stereocenters.